The molecule has 8 heteroatoms. The number of benzene rings is 1. The average Bonchev–Trinajstić information content (AvgIpc) is 3.42. The summed E-state index contributed by atoms with van der Waals surface area (Å²) in [6.07, 6.45) is 0.635. The van der Waals surface area contributed by atoms with E-state index in [0.29, 0.717) is 5.56 Å². The van der Waals surface area contributed by atoms with Crippen LogP contribution in [0.4, 0.5) is 4.79 Å². The molecule has 0 radical (unpaired) electrons. The Balaban J connectivity index is 1.75. The monoisotopic (exact) mass is 389 g/mol. The summed E-state index contributed by atoms with van der Waals surface area (Å²) < 4.78 is 4.94. The van der Waals surface area contributed by atoms with Gasteiger partial charge in [0.25, 0.3) is 11.8 Å². The number of ether oxygens (including phenoxy) is 1. The van der Waals surface area contributed by atoms with Gasteiger partial charge in [-0.2, -0.15) is 0 Å². The van der Waals surface area contributed by atoms with Crippen LogP contribution in [0.25, 0.3) is 0 Å². The first-order chi connectivity index (χ1) is 13.1. The molecule has 0 spiro atoms. The SMILES string of the molecule is CC(OC(=O)CNC(=O)c1ccc(C(C)(C)C)cc1)C(=O)NC(=O)NC1CC1. The fourth-order valence-electron chi connectivity index (χ4n) is 2.33. The van der Waals surface area contributed by atoms with Gasteiger partial charge in [-0.25, -0.2) is 4.79 Å². The van der Waals surface area contributed by atoms with Crippen molar-refractivity contribution in [2.24, 2.45) is 0 Å². The van der Waals surface area contributed by atoms with E-state index in [-0.39, 0.29) is 18.0 Å². The van der Waals surface area contributed by atoms with Crippen molar-refractivity contribution in [2.45, 2.75) is 58.1 Å². The Morgan fingerprint density at radius 1 is 1.11 bits per heavy atom. The summed E-state index contributed by atoms with van der Waals surface area (Å²) in [5, 5.41) is 7.16. The molecule has 3 N–H and O–H groups in total. The van der Waals surface area contributed by atoms with Crippen molar-refractivity contribution in [3.63, 3.8) is 0 Å². The number of urea groups is 1. The lowest BCUT2D eigenvalue weighted by atomic mass is 9.87. The van der Waals surface area contributed by atoms with Crippen LogP contribution in [0.5, 0.6) is 0 Å². The van der Waals surface area contributed by atoms with Gasteiger partial charge in [-0.05, 0) is 42.9 Å². The van der Waals surface area contributed by atoms with Gasteiger partial charge >= 0.3 is 12.0 Å². The van der Waals surface area contributed by atoms with E-state index in [0.717, 1.165) is 18.4 Å². The predicted octanol–water partition coefficient (Wildman–Crippen LogP) is 1.63. The smallest absolute Gasteiger partial charge is 0.326 e. The lowest BCUT2D eigenvalue weighted by Crippen LogP contribution is -2.46. The molecule has 1 fully saturated rings. The Morgan fingerprint density at radius 2 is 1.71 bits per heavy atom. The maximum absolute atomic E-state index is 12.1. The summed E-state index contributed by atoms with van der Waals surface area (Å²) in [4.78, 5) is 47.3. The zero-order chi connectivity index (χ0) is 20.9. The molecular weight excluding hydrogens is 362 g/mol. The number of rotatable bonds is 6. The van der Waals surface area contributed by atoms with Crippen LogP contribution in [0, 0.1) is 0 Å². The Hall–Kier alpha value is -2.90. The van der Waals surface area contributed by atoms with Crippen LogP contribution in [0.15, 0.2) is 24.3 Å². The van der Waals surface area contributed by atoms with E-state index in [9.17, 15) is 19.2 Å². The van der Waals surface area contributed by atoms with Crippen molar-refractivity contribution in [3.8, 4) is 0 Å². The fraction of sp³-hybridized carbons (Fsp3) is 0.500. The van der Waals surface area contributed by atoms with Crippen LogP contribution in [0.3, 0.4) is 0 Å². The van der Waals surface area contributed by atoms with Crippen molar-refractivity contribution in [3.05, 3.63) is 35.4 Å². The van der Waals surface area contributed by atoms with E-state index in [2.05, 4.69) is 36.7 Å². The first-order valence-corrected chi connectivity index (χ1v) is 9.26. The van der Waals surface area contributed by atoms with E-state index in [1.54, 1.807) is 12.1 Å². The third kappa shape index (κ3) is 6.68. The Morgan fingerprint density at radius 3 is 2.25 bits per heavy atom. The number of hydrogen-bond acceptors (Lipinski definition) is 5. The molecule has 1 aliphatic rings. The minimum Gasteiger partial charge on any atom is -0.451 e. The van der Waals surface area contributed by atoms with Crippen LogP contribution in [-0.2, 0) is 19.7 Å². The molecular formula is C20H27N3O5. The molecule has 0 aliphatic heterocycles. The lowest BCUT2D eigenvalue weighted by molar-refractivity contribution is -0.153. The fourth-order valence-corrected chi connectivity index (χ4v) is 2.33. The Kier molecular flexibility index (Phi) is 6.77. The Bertz CT molecular complexity index is 748. The molecule has 2 rings (SSSR count). The van der Waals surface area contributed by atoms with E-state index in [4.69, 9.17) is 4.74 Å². The van der Waals surface area contributed by atoms with Gasteiger partial charge in [0.1, 0.15) is 6.54 Å². The molecule has 1 aliphatic carbocycles. The number of amides is 4. The summed E-state index contributed by atoms with van der Waals surface area (Å²) in [5.41, 5.74) is 1.49. The highest BCUT2D eigenvalue weighted by molar-refractivity contribution is 5.98. The van der Waals surface area contributed by atoms with Crippen molar-refractivity contribution in [1.29, 1.82) is 0 Å². The Labute approximate surface area is 164 Å². The molecule has 1 atom stereocenters. The van der Waals surface area contributed by atoms with Gasteiger partial charge in [-0.1, -0.05) is 32.9 Å². The highest BCUT2D eigenvalue weighted by Gasteiger charge is 2.26. The number of imide groups is 1. The topological polar surface area (TPSA) is 114 Å². The largest absolute Gasteiger partial charge is 0.451 e. The summed E-state index contributed by atoms with van der Waals surface area (Å²) in [7, 11) is 0. The van der Waals surface area contributed by atoms with Gasteiger partial charge in [0.15, 0.2) is 6.10 Å². The standard InChI is InChI=1S/C20H27N3O5/c1-12(17(25)23-19(27)22-15-9-10-15)28-16(24)11-21-18(26)13-5-7-14(8-6-13)20(2,3)4/h5-8,12,15H,9-11H2,1-4H3,(H,21,26)(H2,22,23,25,27). The van der Waals surface area contributed by atoms with Gasteiger partial charge < -0.3 is 15.4 Å². The number of carbonyl (C=O) groups is 4. The van der Waals surface area contributed by atoms with Gasteiger partial charge in [0, 0.05) is 11.6 Å². The number of hydrogen-bond donors (Lipinski definition) is 3. The molecule has 0 aromatic heterocycles. The second kappa shape index (κ2) is 8.86. The van der Waals surface area contributed by atoms with Crippen molar-refractivity contribution in [2.75, 3.05) is 6.54 Å². The average molecular weight is 389 g/mol. The molecule has 0 bridgehead atoms. The normalized spacial score (nSPS) is 14.6. The van der Waals surface area contributed by atoms with E-state index in [1.807, 2.05) is 12.1 Å². The van der Waals surface area contributed by atoms with Gasteiger partial charge in [-0.15, -0.1) is 0 Å². The van der Waals surface area contributed by atoms with E-state index < -0.39 is 29.9 Å². The second-order valence-corrected chi connectivity index (χ2v) is 7.88. The van der Waals surface area contributed by atoms with Gasteiger partial charge in [0.05, 0.1) is 0 Å². The van der Waals surface area contributed by atoms with Crippen LogP contribution in [-0.4, -0.2) is 42.5 Å². The lowest BCUT2D eigenvalue weighted by Gasteiger charge is -2.19. The minimum atomic E-state index is -1.15. The zero-order valence-electron chi connectivity index (χ0n) is 16.6. The molecule has 1 saturated carbocycles. The van der Waals surface area contributed by atoms with Crippen molar-refractivity contribution < 1.29 is 23.9 Å². The highest BCUT2D eigenvalue weighted by Crippen LogP contribution is 2.22. The van der Waals surface area contributed by atoms with Crippen LogP contribution < -0.4 is 16.0 Å². The van der Waals surface area contributed by atoms with Crippen LogP contribution in [0.1, 0.15) is 56.5 Å². The minimum absolute atomic E-state index is 0.0227. The first-order valence-electron chi connectivity index (χ1n) is 9.26. The van der Waals surface area contributed by atoms with Crippen molar-refractivity contribution in [1.82, 2.24) is 16.0 Å². The number of esters is 1. The maximum atomic E-state index is 12.1. The molecule has 0 heterocycles. The molecule has 4 amide bonds. The number of nitrogens with one attached hydrogen (secondary N) is 3. The van der Waals surface area contributed by atoms with Gasteiger partial charge in [-0.3, -0.25) is 19.7 Å². The molecule has 152 valence electrons. The van der Waals surface area contributed by atoms with Crippen LogP contribution in [0.2, 0.25) is 0 Å². The zero-order valence-corrected chi connectivity index (χ0v) is 16.6. The molecule has 0 saturated heterocycles. The number of carbonyl (C=O) groups excluding carboxylic acids is 4. The molecule has 1 aromatic rings. The second-order valence-electron chi connectivity index (χ2n) is 7.88. The molecule has 28 heavy (non-hydrogen) atoms. The van der Waals surface area contributed by atoms with E-state index >= 15 is 0 Å². The van der Waals surface area contributed by atoms with Crippen molar-refractivity contribution >= 4 is 23.8 Å². The molecule has 1 unspecified atom stereocenters. The highest BCUT2D eigenvalue weighted by atomic mass is 16.5. The summed E-state index contributed by atoms with van der Waals surface area (Å²) >= 11 is 0. The maximum Gasteiger partial charge on any atom is 0.326 e. The third-order valence-electron chi connectivity index (χ3n) is 4.23. The molecule has 1 aromatic carbocycles. The summed E-state index contributed by atoms with van der Waals surface area (Å²) in [6.45, 7) is 7.19. The quantitative estimate of drug-likeness (QED) is 0.640. The summed E-state index contributed by atoms with van der Waals surface area (Å²) in [5.74, 6) is -1.92. The van der Waals surface area contributed by atoms with Gasteiger partial charge in [0.2, 0.25) is 0 Å². The molecule has 8 nitrogen and oxygen atoms in total. The van der Waals surface area contributed by atoms with E-state index in [1.165, 1.54) is 6.92 Å². The summed E-state index contributed by atoms with van der Waals surface area (Å²) in [6, 6.07) is 6.62. The first kappa shape index (κ1) is 21.4. The van der Waals surface area contributed by atoms with Crippen LogP contribution >= 0.6 is 0 Å². The predicted molar refractivity (Wildman–Crippen MR) is 103 cm³/mol. The third-order valence-corrected chi connectivity index (χ3v) is 4.23.